The maximum absolute atomic E-state index is 11.5. The predicted octanol–water partition coefficient (Wildman–Crippen LogP) is 4.62. The topological polar surface area (TPSA) is 26.3 Å². The molecule has 18 heavy (non-hydrogen) atoms. The van der Waals surface area contributed by atoms with Crippen LogP contribution in [-0.2, 0) is 11.0 Å². The Morgan fingerprint density at radius 3 is 2.28 bits per heavy atom. The Morgan fingerprint density at radius 2 is 1.78 bits per heavy atom. The van der Waals surface area contributed by atoms with Crippen molar-refractivity contribution in [2.24, 2.45) is 5.92 Å². The van der Waals surface area contributed by atoms with E-state index in [0.717, 1.165) is 18.1 Å². The Labute approximate surface area is 111 Å². The summed E-state index contributed by atoms with van der Waals surface area (Å²) in [6.07, 6.45) is 3.95. The summed E-state index contributed by atoms with van der Waals surface area (Å²) in [4.78, 5) is 0. The Kier molecular flexibility index (Phi) is 5.95. The van der Waals surface area contributed by atoms with E-state index < -0.39 is 7.14 Å². The molecule has 0 bridgehead atoms. The van der Waals surface area contributed by atoms with Crippen LogP contribution in [0.25, 0.3) is 0 Å². The van der Waals surface area contributed by atoms with Gasteiger partial charge in [0.1, 0.15) is 19.2 Å². The number of hydrogen-bond donors (Lipinski definition) is 0. The van der Waals surface area contributed by atoms with Gasteiger partial charge >= 0.3 is 0 Å². The van der Waals surface area contributed by atoms with E-state index in [-0.39, 0.29) is 0 Å². The van der Waals surface area contributed by atoms with Gasteiger partial charge in [-0.15, -0.1) is 0 Å². The molecule has 0 saturated heterocycles. The lowest BCUT2D eigenvalue weighted by molar-refractivity contribution is 0.378. The van der Waals surface area contributed by atoms with Crippen LogP contribution in [0.15, 0.2) is 24.3 Å². The third-order valence-electron chi connectivity index (χ3n) is 2.71. The van der Waals surface area contributed by atoms with E-state index in [0.29, 0.717) is 6.35 Å². The summed E-state index contributed by atoms with van der Waals surface area (Å²) in [5.74, 6) is 1.59. The molecule has 0 fully saturated rings. The summed E-state index contributed by atoms with van der Waals surface area (Å²) in [5.41, 5.74) is 1.35. The molecule has 1 aromatic rings. The second-order valence-corrected chi connectivity index (χ2v) is 9.18. The van der Waals surface area contributed by atoms with Crippen molar-refractivity contribution >= 4 is 7.14 Å². The van der Waals surface area contributed by atoms with Crippen molar-refractivity contribution in [2.75, 3.05) is 19.7 Å². The van der Waals surface area contributed by atoms with Gasteiger partial charge < -0.3 is 9.30 Å². The Hall–Kier alpha value is -0.750. The summed E-state index contributed by atoms with van der Waals surface area (Å²) in [6, 6.07) is 8.15. The lowest BCUT2D eigenvalue weighted by Gasteiger charge is -2.10. The fourth-order valence-corrected chi connectivity index (χ4v) is 2.16. The van der Waals surface area contributed by atoms with Gasteiger partial charge in [-0.3, -0.25) is 0 Å². The normalized spacial score (nSPS) is 11.8. The van der Waals surface area contributed by atoms with Crippen molar-refractivity contribution in [3.8, 4) is 5.75 Å². The molecule has 2 nitrogen and oxygen atoms in total. The Morgan fingerprint density at radius 1 is 1.17 bits per heavy atom. The summed E-state index contributed by atoms with van der Waals surface area (Å²) < 4.78 is 17.0. The highest BCUT2D eigenvalue weighted by Gasteiger charge is 2.07. The minimum absolute atomic E-state index is 0.319. The van der Waals surface area contributed by atoms with E-state index in [2.05, 4.69) is 26.0 Å². The quantitative estimate of drug-likeness (QED) is 0.674. The molecular formula is C15H25O2P. The average molecular weight is 268 g/mol. The molecule has 3 heteroatoms. The van der Waals surface area contributed by atoms with Crippen LogP contribution >= 0.6 is 7.14 Å². The van der Waals surface area contributed by atoms with Gasteiger partial charge in [0.2, 0.25) is 0 Å². The molecule has 0 aliphatic heterocycles. The highest BCUT2D eigenvalue weighted by Crippen LogP contribution is 2.35. The fraction of sp³-hybridized carbons (Fsp3) is 0.600. The second-order valence-electron chi connectivity index (χ2n) is 5.78. The van der Waals surface area contributed by atoms with Gasteiger partial charge in [0.15, 0.2) is 0 Å². The molecule has 0 radical (unpaired) electrons. The van der Waals surface area contributed by atoms with E-state index in [1.165, 1.54) is 18.4 Å². The predicted molar refractivity (Wildman–Crippen MR) is 79.2 cm³/mol. The zero-order valence-electron chi connectivity index (χ0n) is 12.0. The average Bonchev–Trinajstić information content (AvgIpc) is 2.26. The maximum atomic E-state index is 11.5. The molecule has 102 valence electrons. The van der Waals surface area contributed by atoms with Crippen molar-refractivity contribution in [1.29, 1.82) is 0 Å². The lowest BCUT2D eigenvalue weighted by atomic mass is 10.0. The standard InChI is InChI=1S/C15H25O2P/c1-13(2)6-5-7-14-8-10-15(11-9-14)17-12-18(3,4)16/h8-11,13H,5-7,12H2,1-4H3. The highest BCUT2D eigenvalue weighted by atomic mass is 31.2. The highest BCUT2D eigenvalue weighted by molar-refractivity contribution is 7.62. The summed E-state index contributed by atoms with van der Waals surface area (Å²) in [5, 5.41) is 0. The zero-order valence-corrected chi connectivity index (χ0v) is 12.9. The van der Waals surface area contributed by atoms with Gasteiger partial charge in [0, 0.05) is 0 Å². The summed E-state index contributed by atoms with van der Waals surface area (Å²) >= 11 is 0. The third-order valence-corrected chi connectivity index (χ3v) is 3.46. The van der Waals surface area contributed by atoms with E-state index in [1.807, 2.05) is 12.1 Å². The van der Waals surface area contributed by atoms with E-state index in [1.54, 1.807) is 13.3 Å². The van der Waals surface area contributed by atoms with Gasteiger partial charge in [-0.25, -0.2) is 0 Å². The Bertz CT molecular complexity index is 389. The molecule has 0 aromatic heterocycles. The zero-order chi connectivity index (χ0) is 13.6. The number of benzene rings is 1. The van der Waals surface area contributed by atoms with E-state index >= 15 is 0 Å². The van der Waals surface area contributed by atoms with Crippen molar-refractivity contribution in [3.05, 3.63) is 29.8 Å². The number of rotatable bonds is 7. The first-order valence-electron chi connectivity index (χ1n) is 6.62. The van der Waals surface area contributed by atoms with Gasteiger partial charge in [-0.05, 0) is 49.8 Å². The number of aryl methyl sites for hydroxylation is 1. The van der Waals surface area contributed by atoms with Gasteiger partial charge in [0.05, 0.1) is 0 Å². The van der Waals surface area contributed by atoms with Crippen LogP contribution in [-0.4, -0.2) is 19.7 Å². The van der Waals surface area contributed by atoms with Crippen molar-refractivity contribution < 1.29 is 9.30 Å². The molecule has 0 N–H and O–H groups in total. The maximum Gasteiger partial charge on any atom is 0.140 e. The second kappa shape index (κ2) is 6.99. The molecule has 1 rings (SSSR count). The minimum atomic E-state index is -2.09. The molecule has 1 aromatic carbocycles. The van der Waals surface area contributed by atoms with Crippen molar-refractivity contribution in [3.63, 3.8) is 0 Å². The third kappa shape index (κ3) is 6.86. The SMILES string of the molecule is CC(C)CCCc1ccc(OCP(C)(C)=O)cc1. The fourth-order valence-electron chi connectivity index (χ4n) is 1.70. The van der Waals surface area contributed by atoms with Crippen LogP contribution in [0.2, 0.25) is 0 Å². The largest absolute Gasteiger partial charge is 0.486 e. The summed E-state index contributed by atoms with van der Waals surface area (Å²) in [6.45, 7) is 8.00. The molecular weight excluding hydrogens is 243 g/mol. The van der Waals surface area contributed by atoms with E-state index in [9.17, 15) is 4.57 Å². The summed E-state index contributed by atoms with van der Waals surface area (Å²) in [7, 11) is -2.09. The van der Waals surface area contributed by atoms with Crippen LogP contribution in [0.3, 0.4) is 0 Å². The van der Waals surface area contributed by atoms with Crippen molar-refractivity contribution in [1.82, 2.24) is 0 Å². The van der Waals surface area contributed by atoms with Gasteiger partial charge in [-0.1, -0.05) is 32.4 Å². The minimum Gasteiger partial charge on any atom is -0.486 e. The molecule has 0 spiro atoms. The molecule has 0 heterocycles. The van der Waals surface area contributed by atoms with Crippen LogP contribution in [0, 0.1) is 5.92 Å². The smallest absolute Gasteiger partial charge is 0.140 e. The van der Waals surface area contributed by atoms with Crippen LogP contribution in [0.4, 0.5) is 0 Å². The molecule has 0 aliphatic carbocycles. The molecule has 0 aliphatic rings. The van der Waals surface area contributed by atoms with Crippen LogP contribution in [0.1, 0.15) is 32.3 Å². The molecule has 0 amide bonds. The van der Waals surface area contributed by atoms with Crippen LogP contribution in [0.5, 0.6) is 5.75 Å². The van der Waals surface area contributed by atoms with E-state index in [4.69, 9.17) is 4.74 Å². The van der Waals surface area contributed by atoms with Gasteiger partial charge in [-0.2, -0.15) is 0 Å². The Balaban J connectivity index is 2.40. The number of hydrogen-bond acceptors (Lipinski definition) is 2. The van der Waals surface area contributed by atoms with Crippen LogP contribution < -0.4 is 4.74 Å². The van der Waals surface area contributed by atoms with Gasteiger partial charge in [0.25, 0.3) is 0 Å². The lowest BCUT2D eigenvalue weighted by Crippen LogP contribution is -1.97. The first-order valence-corrected chi connectivity index (χ1v) is 9.41. The molecule has 0 atom stereocenters. The first kappa shape index (κ1) is 15.3. The monoisotopic (exact) mass is 268 g/mol. The molecule has 0 unspecified atom stereocenters. The van der Waals surface area contributed by atoms with Crippen molar-refractivity contribution in [2.45, 2.75) is 33.1 Å². The molecule has 0 saturated carbocycles. The first-order chi connectivity index (χ1) is 8.37. The number of ether oxygens (including phenoxy) is 1.